The summed E-state index contributed by atoms with van der Waals surface area (Å²) in [6.07, 6.45) is 1.51. The third kappa shape index (κ3) is 3.86. The molecule has 21 heavy (non-hydrogen) atoms. The van der Waals surface area contributed by atoms with E-state index < -0.39 is 0 Å². The summed E-state index contributed by atoms with van der Waals surface area (Å²) in [7, 11) is 0. The van der Waals surface area contributed by atoms with Crippen molar-refractivity contribution in [3.8, 4) is 6.07 Å². The summed E-state index contributed by atoms with van der Waals surface area (Å²) >= 11 is 8.06. The number of hydrogen-bond donors (Lipinski definition) is 1. The molecule has 1 heterocycles. The lowest BCUT2D eigenvalue weighted by molar-refractivity contribution is -0.130. The van der Waals surface area contributed by atoms with Gasteiger partial charge in [-0.2, -0.15) is 5.26 Å². The van der Waals surface area contributed by atoms with Crippen LogP contribution in [0.1, 0.15) is 23.2 Å². The second-order valence-corrected chi connectivity index (χ2v) is 6.33. The lowest BCUT2D eigenvalue weighted by Gasteiger charge is -2.19. The fourth-order valence-electron chi connectivity index (χ4n) is 2.22. The fraction of sp³-hybridized carbons (Fsp3) is 0.357. The third-order valence-electron chi connectivity index (χ3n) is 3.30. The highest BCUT2D eigenvalue weighted by Gasteiger charge is 2.28. The summed E-state index contributed by atoms with van der Waals surface area (Å²) in [5, 5.41) is 11.9. The first-order valence-electron chi connectivity index (χ1n) is 6.45. The summed E-state index contributed by atoms with van der Waals surface area (Å²) in [5.74, 6) is -0.631. The average Bonchev–Trinajstić information content (AvgIpc) is 2.95. The van der Waals surface area contributed by atoms with Crippen LogP contribution in [0.4, 0.5) is 0 Å². The van der Waals surface area contributed by atoms with Gasteiger partial charge in [-0.3, -0.25) is 9.59 Å². The zero-order valence-electron chi connectivity index (χ0n) is 11.1. The number of likely N-dealkylation sites (tertiary alicyclic amines) is 1. The molecule has 2 amide bonds. The Labute approximate surface area is 141 Å². The molecule has 0 saturated carbocycles. The minimum Gasteiger partial charge on any atom is -0.343 e. The van der Waals surface area contributed by atoms with E-state index in [2.05, 4.69) is 34.0 Å². The van der Waals surface area contributed by atoms with Crippen LogP contribution in [0, 0.1) is 14.9 Å². The third-order valence-corrected chi connectivity index (χ3v) is 4.30. The normalized spacial score (nSPS) is 17.4. The van der Waals surface area contributed by atoms with Crippen LogP contribution >= 0.6 is 34.2 Å². The van der Waals surface area contributed by atoms with E-state index in [1.165, 1.54) is 4.90 Å². The minimum absolute atomic E-state index is 0.126. The molecule has 110 valence electrons. The maximum absolute atomic E-state index is 12.1. The number of carbonyl (C=O) groups is 2. The maximum Gasteiger partial charge on any atom is 0.253 e. The van der Waals surface area contributed by atoms with E-state index in [0.717, 1.165) is 9.99 Å². The zero-order chi connectivity index (χ0) is 15.4. The predicted octanol–water partition coefficient (Wildman–Crippen LogP) is 2.19. The smallest absolute Gasteiger partial charge is 0.253 e. The molecule has 1 aliphatic rings. The molecule has 1 fully saturated rings. The van der Waals surface area contributed by atoms with E-state index in [-0.39, 0.29) is 24.4 Å². The van der Waals surface area contributed by atoms with Crippen molar-refractivity contribution in [1.82, 2.24) is 10.2 Å². The molecule has 1 saturated heterocycles. The Bertz CT molecular complexity index is 615. The number of nitrogens with zero attached hydrogens (tertiary/aromatic N) is 2. The van der Waals surface area contributed by atoms with Gasteiger partial charge in [0.25, 0.3) is 5.91 Å². The number of benzene rings is 1. The second kappa shape index (κ2) is 7.09. The van der Waals surface area contributed by atoms with Crippen molar-refractivity contribution in [1.29, 1.82) is 5.26 Å². The standard InChI is InChI=1S/C14H13ClIN3O2/c15-12-4-3-9(16)6-11(12)14(21)18-8-13(20)19-5-1-2-10(19)7-17/h3-4,6,10H,1-2,5,8H2,(H,18,21)/t10-/m0/s1. The molecule has 1 N–H and O–H groups in total. The molecule has 2 rings (SSSR count). The molecule has 1 atom stereocenters. The van der Waals surface area contributed by atoms with Gasteiger partial charge in [-0.25, -0.2) is 0 Å². The fourth-order valence-corrected chi connectivity index (χ4v) is 2.92. The molecule has 1 aliphatic heterocycles. The number of nitriles is 1. The van der Waals surface area contributed by atoms with E-state index in [4.69, 9.17) is 16.9 Å². The Morgan fingerprint density at radius 2 is 2.29 bits per heavy atom. The Hall–Kier alpha value is -1.33. The topological polar surface area (TPSA) is 73.2 Å². The van der Waals surface area contributed by atoms with Crippen LogP contribution < -0.4 is 5.32 Å². The molecule has 0 aliphatic carbocycles. The predicted molar refractivity (Wildman–Crippen MR) is 86.9 cm³/mol. The SMILES string of the molecule is N#C[C@@H]1CCCN1C(=O)CNC(=O)c1cc(I)ccc1Cl. The van der Waals surface area contributed by atoms with Gasteiger partial charge in [-0.1, -0.05) is 11.6 Å². The van der Waals surface area contributed by atoms with Crippen molar-refractivity contribution < 1.29 is 9.59 Å². The van der Waals surface area contributed by atoms with Gasteiger partial charge in [0.2, 0.25) is 5.91 Å². The first kappa shape index (κ1) is 16.0. The van der Waals surface area contributed by atoms with Crippen LogP contribution in [-0.4, -0.2) is 35.8 Å². The van der Waals surface area contributed by atoms with Crippen molar-refractivity contribution in [2.75, 3.05) is 13.1 Å². The van der Waals surface area contributed by atoms with Gasteiger partial charge in [0, 0.05) is 10.1 Å². The second-order valence-electron chi connectivity index (χ2n) is 4.68. The van der Waals surface area contributed by atoms with Crippen LogP contribution in [0.5, 0.6) is 0 Å². The van der Waals surface area contributed by atoms with E-state index in [9.17, 15) is 9.59 Å². The minimum atomic E-state index is -0.389. The van der Waals surface area contributed by atoms with Crippen molar-refractivity contribution in [2.24, 2.45) is 0 Å². The van der Waals surface area contributed by atoms with Gasteiger partial charge in [0.1, 0.15) is 6.04 Å². The van der Waals surface area contributed by atoms with Gasteiger partial charge < -0.3 is 10.2 Å². The highest BCUT2D eigenvalue weighted by molar-refractivity contribution is 14.1. The molecule has 0 aromatic heterocycles. The monoisotopic (exact) mass is 417 g/mol. The number of amides is 2. The van der Waals surface area contributed by atoms with Gasteiger partial charge in [0.15, 0.2) is 0 Å². The molecule has 0 unspecified atom stereocenters. The van der Waals surface area contributed by atoms with E-state index in [1.807, 2.05) is 0 Å². The molecule has 1 aromatic rings. The van der Waals surface area contributed by atoms with E-state index >= 15 is 0 Å². The summed E-state index contributed by atoms with van der Waals surface area (Å²) in [6, 6.07) is 6.83. The van der Waals surface area contributed by atoms with Crippen molar-refractivity contribution in [2.45, 2.75) is 18.9 Å². The molecule has 1 aromatic carbocycles. The van der Waals surface area contributed by atoms with E-state index in [1.54, 1.807) is 18.2 Å². The van der Waals surface area contributed by atoms with Crippen molar-refractivity contribution in [3.63, 3.8) is 0 Å². The number of halogens is 2. The Kier molecular flexibility index (Phi) is 5.42. The molecule has 0 radical (unpaired) electrons. The number of hydrogen-bond acceptors (Lipinski definition) is 3. The molecule has 0 spiro atoms. The number of carbonyl (C=O) groups excluding carboxylic acids is 2. The molecule has 0 bridgehead atoms. The Morgan fingerprint density at radius 1 is 1.52 bits per heavy atom. The van der Waals surface area contributed by atoms with Crippen LogP contribution in [-0.2, 0) is 4.79 Å². The highest BCUT2D eigenvalue weighted by atomic mass is 127. The number of rotatable bonds is 3. The van der Waals surface area contributed by atoms with Crippen molar-refractivity contribution in [3.05, 3.63) is 32.4 Å². The van der Waals surface area contributed by atoms with E-state index in [0.29, 0.717) is 23.6 Å². The van der Waals surface area contributed by atoms with Crippen LogP contribution in [0.25, 0.3) is 0 Å². The van der Waals surface area contributed by atoms with Gasteiger partial charge >= 0.3 is 0 Å². The zero-order valence-corrected chi connectivity index (χ0v) is 14.0. The van der Waals surface area contributed by atoms with Crippen LogP contribution in [0.2, 0.25) is 5.02 Å². The molecule has 5 nitrogen and oxygen atoms in total. The highest BCUT2D eigenvalue weighted by Crippen LogP contribution is 2.19. The van der Waals surface area contributed by atoms with Gasteiger partial charge in [0.05, 0.1) is 23.2 Å². The summed E-state index contributed by atoms with van der Waals surface area (Å²) in [4.78, 5) is 25.6. The maximum atomic E-state index is 12.1. The quantitative estimate of drug-likeness (QED) is 0.766. The molecular formula is C14H13ClIN3O2. The summed E-state index contributed by atoms with van der Waals surface area (Å²) in [5.41, 5.74) is 0.342. The lowest BCUT2D eigenvalue weighted by Crippen LogP contribution is -2.42. The largest absolute Gasteiger partial charge is 0.343 e. The summed E-state index contributed by atoms with van der Waals surface area (Å²) in [6.45, 7) is 0.440. The van der Waals surface area contributed by atoms with Gasteiger partial charge in [-0.15, -0.1) is 0 Å². The Morgan fingerprint density at radius 3 is 3.00 bits per heavy atom. The summed E-state index contributed by atoms with van der Waals surface area (Å²) < 4.78 is 0.887. The molecular weight excluding hydrogens is 405 g/mol. The molecule has 7 heteroatoms. The first-order valence-corrected chi connectivity index (χ1v) is 7.91. The Balaban J connectivity index is 1.96. The van der Waals surface area contributed by atoms with Crippen LogP contribution in [0.15, 0.2) is 18.2 Å². The number of nitrogens with one attached hydrogen (secondary N) is 1. The average molecular weight is 418 g/mol. The van der Waals surface area contributed by atoms with Crippen LogP contribution in [0.3, 0.4) is 0 Å². The lowest BCUT2D eigenvalue weighted by atomic mass is 10.2. The first-order chi connectivity index (χ1) is 10.0. The van der Waals surface area contributed by atoms with Crippen molar-refractivity contribution >= 4 is 46.0 Å². The van der Waals surface area contributed by atoms with Gasteiger partial charge in [-0.05, 0) is 53.6 Å².